The van der Waals surface area contributed by atoms with Gasteiger partial charge in [0, 0.05) is 0 Å². The van der Waals surface area contributed by atoms with Crippen molar-refractivity contribution in [2.24, 2.45) is 0 Å². The number of aromatic nitrogens is 2. The summed E-state index contributed by atoms with van der Waals surface area (Å²) >= 11 is 4.52. The third-order valence-corrected chi connectivity index (χ3v) is 17.7. The Kier molecular flexibility index (Phi) is 11.5. The van der Waals surface area contributed by atoms with Gasteiger partial charge < -0.3 is 0 Å². The second-order valence-electron chi connectivity index (χ2n) is 10.8. The normalized spacial score (nSPS) is 13.5. The molecule has 9 heteroatoms. The van der Waals surface area contributed by atoms with E-state index in [1.807, 2.05) is 0 Å². The fraction of sp³-hybridized carbons (Fsp3) is 0.643. The molecular weight excluding hydrogens is 572 g/mol. The fourth-order valence-corrected chi connectivity index (χ4v) is 13.8. The summed E-state index contributed by atoms with van der Waals surface area (Å²) in [4.78, 5) is 9.71. The van der Waals surface area contributed by atoms with Crippen LogP contribution in [-0.4, -0.2) is 50.2 Å². The first-order valence-electron chi connectivity index (χ1n) is 13.6. The number of nitrogens with zero attached hydrogens (tertiary/aromatic N) is 3. The molecule has 2 aromatic rings. The number of benzene rings is 1. The van der Waals surface area contributed by atoms with E-state index >= 15 is 0 Å². The number of halogens is 2. The number of sulfonamides is 1. The maximum atomic E-state index is 13.9. The van der Waals surface area contributed by atoms with E-state index in [1.54, 1.807) is 12.1 Å². The SMILES string of the molecule is CCCCP(Br)(CCCC)(CCCC)Cc1c(-c2ccc(F)cc2)nc(N(C)S(C)(=O)=O)nc1C(C)C. The van der Waals surface area contributed by atoms with Crippen molar-refractivity contribution in [3.05, 3.63) is 41.3 Å². The van der Waals surface area contributed by atoms with Crippen LogP contribution in [-0.2, 0) is 16.2 Å². The van der Waals surface area contributed by atoms with E-state index in [0.717, 1.165) is 90.6 Å². The van der Waals surface area contributed by atoms with Gasteiger partial charge in [-0.2, -0.15) is 0 Å². The average molecular weight is 619 g/mol. The van der Waals surface area contributed by atoms with Crippen LogP contribution in [0.1, 0.15) is 90.3 Å². The number of hydrogen-bond acceptors (Lipinski definition) is 4. The van der Waals surface area contributed by atoms with Gasteiger partial charge in [0.15, 0.2) is 0 Å². The minimum atomic E-state index is -3.55. The molecule has 0 amide bonds. The van der Waals surface area contributed by atoms with Crippen LogP contribution in [0, 0.1) is 5.82 Å². The van der Waals surface area contributed by atoms with Gasteiger partial charge in [-0.3, -0.25) is 0 Å². The van der Waals surface area contributed by atoms with E-state index < -0.39 is 15.3 Å². The average Bonchev–Trinajstić information content (AvgIpc) is 2.85. The molecule has 1 heterocycles. The van der Waals surface area contributed by atoms with E-state index in [-0.39, 0.29) is 17.7 Å². The quantitative estimate of drug-likeness (QED) is 0.188. The number of unbranched alkanes of at least 4 members (excludes halogenated alkanes) is 3. The zero-order valence-electron chi connectivity index (χ0n) is 23.7. The van der Waals surface area contributed by atoms with Crippen molar-refractivity contribution in [3.8, 4) is 11.3 Å². The van der Waals surface area contributed by atoms with Gasteiger partial charge in [0.25, 0.3) is 0 Å². The summed E-state index contributed by atoms with van der Waals surface area (Å²) in [7, 11) is -2.07. The Bertz CT molecular complexity index is 1120. The Hall–Kier alpha value is -1.11. The number of rotatable bonds is 15. The summed E-state index contributed by atoms with van der Waals surface area (Å²) < 4.78 is 39.9. The van der Waals surface area contributed by atoms with Crippen LogP contribution in [0.15, 0.2) is 24.3 Å². The molecule has 0 radical (unpaired) electrons. The maximum absolute atomic E-state index is 13.9. The summed E-state index contributed by atoms with van der Waals surface area (Å²) in [5.74, 6) is -0.0977. The Labute approximate surface area is 232 Å². The molecular formula is C28H46BrFN3O2PS. The van der Waals surface area contributed by atoms with Crippen LogP contribution in [0.5, 0.6) is 0 Å². The van der Waals surface area contributed by atoms with Gasteiger partial charge in [-0.05, 0) is 0 Å². The Morgan fingerprint density at radius 2 is 1.43 bits per heavy atom. The molecule has 0 spiro atoms. The van der Waals surface area contributed by atoms with Crippen LogP contribution in [0.2, 0.25) is 0 Å². The molecule has 0 N–H and O–H groups in total. The van der Waals surface area contributed by atoms with Crippen molar-refractivity contribution in [2.45, 2.75) is 85.2 Å². The second kappa shape index (κ2) is 13.3. The van der Waals surface area contributed by atoms with Crippen molar-refractivity contribution in [3.63, 3.8) is 0 Å². The van der Waals surface area contributed by atoms with Crippen LogP contribution in [0.25, 0.3) is 11.3 Å². The zero-order chi connectivity index (χ0) is 27.9. The molecule has 0 aliphatic heterocycles. The molecule has 2 rings (SSSR count). The Morgan fingerprint density at radius 3 is 1.84 bits per heavy atom. The summed E-state index contributed by atoms with van der Waals surface area (Å²) in [5.41, 5.74) is 3.44. The predicted octanol–water partition coefficient (Wildman–Crippen LogP) is 8.57. The van der Waals surface area contributed by atoms with Gasteiger partial charge in [-0.1, -0.05) is 0 Å². The first-order valence-corrected chi connectivity index (χ1v) is 20.4. The first kappa shape index (κ1) is 32.1. The zero-order valence-corrected chi connectivity index (χ0v) is 27.0. The standard InChI is InChI=1S/C28H46BrFN3O2PS/c1-8-11-18-36(29,19-12-9-2,20-13-10-3)21-25-26(22(4)5)31-28(33(6)37(7,34)35)32-27(25)23-14-16-24(30)17-15-23/h14-17,22H,8-13,18-21H2,1-7H3. The molecule has 0 aliphatic carbocycles. The first-order chi connectivity index (χ1) is 17.3. The summed E-state index contributed by atoms with van der Waals surface area (Å²) in [6.45, 7) is 10.9. The topological polar surface area (TPSA) is 63.2 Å². The van der Waals surface area contributed by atoms with Crippen molar-refractivity contribution in [2.75, 3.05) is 36.1 Å². The third kappa shape index (κ3) is 8.44. The molecule has 37 heavy (non-hydrogen) atoms. The monoisotopic (exact) mass is 617 g/mol. The second-order valence-corrected chi connectivity index (χ2v) is 24.2. The summed E-state index contributed by atoms with van der Waals surface area (Å²) in [5, 5.41) is -2.41. The molecule has 0 unspecified atom stereocenters. The molecule has 0 bridgehead atoms. The van der Waals surface area contributed by atoms with Gasteiger partial charge in [0.05, 0.1) is 0 Å². The minimum absolute atomic E-state index is 0.0637. The molecule has 1 aromatic carbocycles. The van der Waals surface area contributed by atoms with E-state index in [1.165, 1.54) is 19.2 Å². The van der Waals surface area contributed by atoms with Crippen LogP contribution < -0.4 is 4.31 Å². The molecule has 0 atom stereocenters. The third-order valence-electron chi connectivity index (χ3n) is 7.24. The van der Waals surface area contributed by atoms with Crippen molar-refractivity contribution in [1.29, 1.82) is 0 Å². The van der Waals surface area contributed by atoms with Crippen LogP contribution in [0.3, 0.4) is 0 Å². The fourth-order valence-electron chi connectivity index (χ4n) is 4.89. The molecule has 0 saturated heterocycles. The number of anilines is 1. The molecule has 0 saturated carbocycles. The summed E-state index contributed by atoms with van der Waals surface area (Å²) in [6.07, 6.45) is 12.4. The Balaban J connectivity index is 2.90. The van der Waals surface area contributed by atoms with Gasteiger partial charge >= 0.3 is 233 Å². The van der Waals surface area contributed by atoms with Gasteiger partial charge in [0.2, 0.25) is 0 Å². The van der Waals surface area contributed by atoms with E-state index in [2.05, 4.69) is 50.1 Å². The summed E-state index contributed by atoms with van der Waals surface area (Å²) in [6, 6.07) is 6.36. The van der Waals surface area contributed by atoms with E-state index in [9.17, 15) is 12.8 Å². The van der Waals surface area contributed by atoms with Gasteiger partial charge in [0.1, 0.15) is 0 Å². The molecule has 0 fully saturated rings. The van der Waals surface area contributed by atoms with Crippen LogP contribution in [0.4, 0.5) is 10.3 Å². The molecule has 0 aliphatic rings. The Morgan fingerprint density at radius 1 is 0.946 bits per heavy atom. The van der Waals surface area contributed by atoms with E-state index in [4.69, 9.17) is 9.97 Å². The van der Waals surface area contributed by atoms with Crippen LogP contribution >= 0.6 is 20.8 Å². The molecule has 210 valence electrons. The molecule has 1 aromatic heterocycles. The van der Waals surface area contributed by atoms with Crippen molar-refractivity contribution < 1.29 is 12.8 Å². The predicted molar refractivity (Wildman–Crippen MR) is 164 cm³/mol. The van der Waals surface area contributed by atoms with Crippen molar-refractivity contribution in [1.82, 2.24) is 9.97 Å². The van der Waals surface area contributed by atoms with Gasteiger partial charge in [-0.25, -0.2) is 0 Å². The van der Waals surface area contributed by atoms with Crippen molar-refractivity contribution >= 4 is 36.8 Å². The van der Waals surface area contributed by atoms with E-state index in [0.29, 0.717) is 5.69 Å². The number of hydrogen-bond donors (Lipinski definition) is 0. The van der Waals surface area contributed by atoms with Gasteiger partial charge in [-0.15, -0.1) is 0 Å². The molecule has 5 nitrogen and oxygen atoms in total.